The molecule has 4 nitrogen and oxygen atoms in total. The molecule has 0 N–H and O–H groups in total. The number of hydrogen-bond donors (Lipinski definition) is 0. The number of esters is 2. The molecule has 0 saturated heterocycles. The number of methoxy groups -OCH3 is 2. The van der Waals surface area contributed by atoms with Crippen molar-refractivity contribution in [3.05, 3.63) is 23.8 Å². The summed E-state index contributed by atoms with van der Waals surface area (Å²) < 4.78 is 8.79. The SMILES string of the molecule is COC(=O)C=CC=C(C)C(=O)OC. The van der Waals surface area contributed by atoms with Crippen LogP contribution in [0.2, 0.25) is 0 Å². The third-order valence-corrected chi connectivity index (χ3v) is 1.29. The van der Waals surface area contributed by atoms with E-state index in [4.69, 9.17) is 0 Å². The zero-order valence-electron chi connectivity index (χ0n) is 7.87. The molecule has 4 heteroatoms. The lowest BCUT2D eigenvalue weighted by molar-refractivity contribution is -0.136. The van der Waals surface area contributed by atoms with Gasteiger partial charge >= 0.3 is 11.9 Å². The average molecular weight is 184 g/mol. The van der Waals surface area contributed by atoms with Gasteiger partial charge in [-0.25, -0.2) is 9.59 Å². The predicted octanol–water partition coefficient (Wildman–Crippen LogP) is 0.835. The van der Waals surface area contributed by atoms with Crippen molar-refractivity contribution in [2.45, 2.75) is 6.92 Å². The van der Waals surface area contributed by atoms with Crippen molar-refractivity contribution in [2.24, 2.45) is 0 Å². The number of ether oxygens (including phenoxy) is 2. The largest absolute Gasteiger partial charge is 0.466 e. The highest BCUT2D eigenvalue weighted by atomic mass is 16.5. The van der Waals surface area contributed by atoms with E-state index >= 15 is 0 Å². The van der Waals surface area contributed by atoms with Crippen LogP contribution in [0.25, 0.3) is 0 Å². The van der Waals surface area contributed by atoms with Crippen LogP contribution < -0.4 is 0 Å². The number of carbonyl (C=O) groups is 2. The van der Waals surface area contributed by atoms with Gasteiger partial charge in [-0.15, -0.1) is 0 Å². The van der Waals surface area contributed by atoms with Crippen LogP contribution in [-0.4, -0.2) is 26.2 Å². The summed E-state index contributed by atoms with van der Waals surface area (Å²) in [6.45, 7) is 1.59. The smallest absolute Gasteiger partial charge is 0.333 e. The summed E-state index contributed by atoms with van der Waals surface area (Å²) in [4.78, 5) is 21.4. The molecule has 0 aromatic rings. The average Bonchev–Trinajstić information content (AvgIpc) is 2.15. The van der Waals surface area contributed by atoms with Gasteiger partial charge in [-0.1, -0.05) is 12.2 Å². The molecule has 0 heterocycles. The molecule has 13 heavy (non-hydrogen) atoms. The fourth-order valence-corrected chi connectivity index (χ4v) is 0.568. The first-order chi connectivity index (χ1) is 6.11. The molecule has 0 saturated carbocycles. The van der Waals surface area contributed by atoms with Crippen LogP contribution in [0.3, 0.4) is 0 Å². The zero-order chi connectivity index (χ0) is 10.3. The molecule has 0 aromatic heterocycles. The summed E-state index contributed by atoms with van der Waals surface area (Å²) in [6.07, 6.45) is 4.12. The molecule has 0 spiro atoms. The number of carbonyl (C=O) groups excluding carboxylic acids is 2. The molecule has 0 radical (unpaired) electrons. The van der Waals surface area contributed by atoms with Gasteiger partial charge in [0.05, 0.1) is 14.2 Å². The summed E-state index contributed by atoms with van der Waals surface area (Å²) in [5.74, 6) is -0.886. The summed E-state index contributed by atoms with van der Waals surface area (Å²) in [5.41, 5.74) is 0.419. The molecule has 0 aliphatic carbocycles. The van der Waals surface area contributed by atoms with Gasteiger partial charge in [-0.3, -0.25) is 0 Å². The molecule has 0 aromatic carbocycles. The first-order valence-electron chi connectivity index (χ1n) is 3.63. The van der Waals surface area contributed by atoms with E-state index in [2.05, 4.69) is 9.47 Å². The summed E-state index contributed by atoms with van der Waals surface area (Å²) >= 11 is 0. The Hall–Kier alpha value is -1.58. The van der Waals surface area contributed by atoms with Gasteiger partial charge in [0.15, 0.2) is 0 Å². The molecular formula is C9H12O4. The van der Waals surface area contributed by atoms with Crippen molar-refractivity contribution >= 4 is 11.9 Å². The Kier molecular flexibility index (Phi) is 5.27. The minimum Gasteiger partial charge on any atom is -0.466 e. The highest BCUT2D eigenvalue weighted by Crippen LogP contribution is 1.95. The lowest BCUT2D eigenvalue weighted by Gasteiger charge is -1.95. The first kappa shape index (κ1) is 11.4. The molecule has 0 aliphatic heterocycles. The van der Waals surface area contributed by atoms with Gasteiger partial charge in [0.2, 0.25) is 0 Å². The van der Waals surface area contributed by atoms with E-state index in [1.165, 1.54) is 32.4 Å². The van der Waals surface area contributed by atoms with Gasteiger partial charge in [0.1, 0.15) is 0 Å². The van der Waals surface area contributed by atoms with Crippen LogP contribution in [0.1, 0.15) is 6.92 Å². The maximum absolute atomic E-state index is 10.8. The Balaban J connectivity index is 4.18. The summed E-state index contributed by atoms with van der Waals surface area (Å²) in [5, 5.41) is 0. The van der Waals surface area contributed by atoms with E-state index in [9.17, 15) is 9.59 Å². The Bertz CT molecular complexity index is 250. The van der Waals surface area contributed by atoms with Crippen molar-refractivity contribution < 1.29 is 19.1 Å². The van der Waals surface area contributed by atoms with Gasteiger partial charge in [0.25, 0.3) is 0 Å². The lowest BCUT2D eigenvalue weighted by atomic mass is 10.3. The van der Waals surface area contributed by atoms with Crippen LogP contribution in [-0.2, 0) is 19.1 Å². The zero-order valence-corrected chi connectivity index (χ0v) is 7.87. The van der Waals surface area contributed by atoms with E-state index < -0.39 is 11.9 Å². The van der Waals surface area contributed by atoms with E-state index in [1.54, 1.807) is 6.92 Å². The minimum absolute atomic E-state index is 0.419. The van der Waals surface area contributed by atoms with Crippen LogP contribution in [0.5, 0.6) is 0 Å². The fraction of sp³-hybridized carbons (Fsp3) is 0.333. The van der Waals surface area contributed by atoms with Crippen molar-refractivity contribution in [2.75, 3.05) is 14.2 Å². The molecule has 0 amide bonds. The number of allylic oxidation sites excluding steroid dienone is 2. The van der Waals surface area contributed by atoms with Crippen molar-refractivity contribution in [3.63, 3.8) is 0 Å². The number of hydrogen-bond acceptors (Lipinski definition) is 4. The van der Waals surface area contributed by atoms with Gasteiger partial charge in [-0.05, 0) is 6.92 Å². The van der Waals surface area contributed by atoms with Crippen molar-refractivity contribution in [3.8, 4) is 0 Å². The molecule has 0 unspecified atom stereocenters. The predicted molar refractivity (Wildman–Crippen MR) is 46.9 cm³/mol. The second-order valence-corrected chi connectivity index (χ2v) is 2.22. The molecular weight excluding hydrogens is 172 g/mol. The van der Waals surface area contributed by atoms with Crippen molar-refractivity contribution in [1.29, 1.82) is 0 Å². The third kappa shape index (κ3) is 4.79. The fourth-order valence-electron chi connectivity index (χ4n) is 0.568. The lowest BCUT2D eigenvalue weighted by Crippen LogP contribution is -2.00. The maximum atomic E-state index is 10.8. The normalized spacial score (nSPS) is 11.5. The Morgan fingerprint density at radius 3 is 2.23 bits per heavy atom. The maximum Gasteiger partial charge on any atom is 0.333 e. The first-order valence-corrected chi connectivity index (χ1v) is 3.63. The molecule has 0 fully saturated rings. The van der Waals surface area contributed by atoms with Crippen LogP contribution in [0, 0.1) is 0 Å². The van der Waals surface area contributed by atoms with Gasteiger partial charge < -0.3 is 9.47 Å². The molecule has 72 valence electrons. The van der Waals surface area contributed by atoms with E-state index in [1.807, 2.05) is 0 Å². The third-order valence-electron chi connectivity index (χ3n) is 1.29. The highest BCUT2D eigenvalue weighted by molar-refractivity contribution is 5.88. The highest BCUT2D eigenvalue weighted by Gasteiger charge is 1.99. The van der Waals surface area contributed by atoms with Crippen LogP contribution in [0.15, 0.2) is 23.8 Å². The van der Waals surface area contributed by atoms with Crippen LogP contribution >= 0.6 is 0 Å². The Morgan fingerprint density at radius 1 is 1.15 bits per heavy atom. The second kappa shape index (κ2) is 5.99. The second-order valence-electron chi connectivity index (χ2n) is 2.22. The van der Waals surface area contributed by atoms with Gasteiger partial charge in [-0.2, -0.15) is 0 Å². The summed E-state index contributed by atoms with van der Waals surface area (Å²) in [7, 11) is 2.58. The van der Waals surface area contributed by atoms with Gasteiger partial charge in [0, 0.05) is 11.6 Å². The molecule has 0 atom stereocenters. The number of rotatable bonds is 3. The van der Waals surface area contributed by atoms with E-state index in [-0.39, 0.29) is 0 Å². The monoisotopic (exact) mass is 184 g/mol. The molecule has 0 rings (SSSR count). The summed E-state index contributed by atoms with van der Waals surface area (Å²) in [6, 6.07) is 0. The molecule has 0 aliphatic rings. The quantitative estimate of drug-likeness (QED) is 0.370. The molecule has 0 bridgehead atoms. The Morgan fingerprint density at radius 2 is 1.77 bits per heavy atom. The standard InChI is InChI=1S/C9H12O4/c1-7(9(11)13-3)5-4-6-8(10)12-2/h4-6H,1-3H3. The minimum atomic E-state index is -0.464. The topological polar surface area (TPSA) is 52.6 Å². The van der Waals surface area contributed by atoms with Crippen LogP contribution in [0.4, 0.5) is 0 Å². The van der Waals surface area contributed by atoms with E-state index in [0.29, 0.717) is 5.57 Å². The Labute approximate surface area is 76.8 Å². The van der Waals surface area contributed by atoms with Crippen molar-refractivity contribution in [1.82, 2.24) is 0 Å². The van der Waals surface area contributed by atoms with E-state index in [0.717, 1.165) is 0 Å².